The van der Waals surface area contributed by atoms with Crippen LogP contribution in [0.4, 0.5) is 5.69 Å². The number of carbonyl (C=O) groups is 2. The summed E-state index contributed by atoms with van der Waals surface area (Å²) < 4.78 is 5.52. The summed E-state index contributed by atoms with van der Waals surface area (Å²) in [5, 5.41) is 5.75. The number of amides is 2. The van der Waals surface area contributed by atoms with Crippen molar-refractivity contribution in [2.75, 3.05) is 11.9 Å². The van der Waals surface area contributed by atoms with Crippen molar-refractivity contribution in [2.24, 2.45) is 0 Å². The smallest absolute Gasteiger partial charge is 0.227 e. The molecule has 0 radical (unpaired) electrons. The second kappa shape index (κ2) is 7.83. The third kappa shape index (κ3) is 4.83. The number of nitrogens with one attached hydrogen (secondary N) is 2. The summed E-state index contributed by atoms with van der Waals surface area (Å²) in [6, 6.07) is 13.8. The molecule has 0 saturated carbocycles. The molecule has 25 heavy (non-hydrogen) atoms. The van der Waals surface area contributed by atoms with Gasteiger partial charge in [-0.1, -0.05) is 35.9 Å². The highest BCUT2D eigenvalue weighted by atomic mass is 16.5. The van der Waals surface area contributed by atoms with Crippen LogP contribution in [0.5, 0.6) is 5.75 Å². The van der Waals surface area contributed by atoms with Crippen molar-refractivity contribution in [3.8, 4) is 5.75 Å². The molecule has 0 fully saturated rings. The van der Waals surface area contributed by atoms with E-state index in [0.29, 0.717) is 37.4 Å². The summed E-state index contributed by atoms with van der Waals surface area (Å²) in [5.74, 6) is 0.620. The Labute approximate surface area is 147 Å². The van der Waals surface area contributed by atoms with Gasteiger partial charge in [0.05, 0.1) is 18.7 Å². The lowest BCUT2D eigenvalue weighted by molar-refractivity contribution is -0.121. The van der Waals surface area contributed by atoms with Crippen molar-refractivity contribution in [3.63, 3.8) is 0 Å². The second-order valence-electron chi connectivity index (χ2n) is 6.24. The van der Waals surface area contributed by atoms with E-state index in [-0.39, 0.29) is 11.8 Å². The van der Waals surface area contributed by atoms with Crippen LogP contribution >= 0.6 is 0 Å². The van der Waals surface area contributed by atoms with Gasteiger partial charge >= 0.3 is 0 Å². The van der Waals surface area contributed by atoms with Gasteiger partial charge < -0.3 is 15.4 Å². The molecule has 0 spiro atoms. The first-order chi connectivity index (χ1) is 12.1. The fraction of sp³-hybridized carbons (Fsp3) is 0.300. The molecule has 0 aromatic heterocycles. The van der Waals surface area contributed by atoms with Crippen molar-refractivity contribution < 1.29 is 14.3 Å². The van der Waals surface area contributed by atoms with Crippen molar-refractivity contribution in [2.45, 2.75) is 32.7 Å². The predicted octanol–water partition coefficient (Wildman–Crippen LogP) is 2.97. The number of fused-ring (bicyclic) bond motifs is 1. The van der Waals surface area contributed by atoms with Gasteiger partial charge in [0.25, 0.3) is 0 Å². The highest BCUT2D eigenvalue weighted by Gasteiger charge is 2.14. The highest BCUT2D eigenvalue weighted by Crippen LogP contribution is 2.28. The predicted molar refractivity (Wildman–Crippen MR) is 96.5 cm³/mol. The van der Waals surface area contributed by atoms with Crippen LogP contribution in [-0.2, 0) is 22.6 Å². The van der Waals surface area contributed by atoms with Gasteiger partial charge in [-0.3, -0.25) is 9.59 Å². The van der Waals surface area contributed by atoms with Gasteiger partial charge in [0.15, 0.2) is 0 Å². The van der Waals surface area contributed by atoms with Gasteiger partial charge in [-0.15, -0.1) is 0 Å². The largest absolute Gasteiger partial charge is 0.491 e. The molecule has 2 aromatic carbocycles. The monoisotopic (exact) mass is 338 g/mol. The fourth-order valence-corrected chi connectivity index (χ4v) is 2.68. The first-order valence-corrected chi connectivity index (χ1v) is 8.48. The normalized spacial score (nSPS) is 13.2. The molecular weight excluding hydrogens is 316 g/mol. The zero-order valence-corrected chi connectivity index (χ0v) is 14.3. The summed E-state index contributed by atoms with van der Waals surface area (Å²) in [6.07, 6.45) is 1.52. The molecule has 0 aliphatic carbocycles. The Morgan fingerprint density at radius 2 is 1.92 bits per heavy atom. The number of carbonyl (C=O) groups excluding carboxylic acids is 2. The van der Waals surface area contributed by atoms with E-state index in [9.17, 15) is 9.59 Å². The Kier molecular flexibility index (Phi) is 5.33. The summed E-state index contributed by atoms with van der Waals surface area (Å²) in [6.45, 7) is 2.86. The number of anilines is 1. The quantitative estimate of drug-likeness (QED) is 0.881. The Morgan fingerprint density at radius 1 is 1.16 bits per heavy atom. The SMILES string of the molecule is Cc1ccc(CCC(=O)NCc2ccc3c(c2)NC(=O)CCO3)cc1. The lowest BCUT2D eigenvalue weighted by Crippen LogP contribution is -2.23. The molecule has 1 aliphatic rings. The van der Waals surface area contributed by atoms with Crippen LogP contribution in [0, 0.1) is 6.92 Å². The minimum atomic E-state index is -0.0574. The second-order valence-corrected chi connectivity index (χ2v) is 6.24. The van der Waals surface area contributed by atoms with E-state index in [0.717, 1.165) is 17.5 Å². The van der Waals surface area contributed by atoms with Crippen molar-refractivity contribution >= 4 is 17.5 Å². The van der Waals surface area contributed by atoms with E-state index in [1.807, 2.05) is 25.1 Å². The minimum absolute atomic E-state index is 0.0100. The average Bonchev–Trinajstić information content (AvgIpc) is 2.79. The van der Waals surface area contributed by atoms with Crippen LogP contribution in [0.3, 0.4) is 0 Å². The lowest BCUT2D eigenvalue weighted by atomic mass is 10.1. The van der Waals surface area contributed by atoms with E-state index in [4.69, 9.17) is 4.74 Å². The summed E-state index contributed by atoms with van der Waals surface area (Å²) in [7, 11) is 0. The van der Waals surface area contributed by atoms with Crippen LogP contribution in [0.2, 0.25) is 0 Å². The van der Waals surface area contributed by atoms with Crippen molar-refractivity contribution in [3.05, 3.63) is 59.2 Å². The summed E-state index contributed by atoms with van der Waals surface area (Å²) in [4.78, 5) is 23.7. The van der Waals surface area contributed by atoms with Crippen LogP contribution in [-0.4, -0.2) is 18.4 Å². The molecule has 0 saturated heterocycles. The van der Waals surface area contributed by atoms with E-state index in [1.165, 1.54) is 5.56 Å². The topological polar surface area (TPSA) is 67.4 Å². The molecule has 2 aromatic rings. The number of rotatable bonds is 5. The van der Waals surface area contributed by atoms with Gasteiger partial charge in [0, 0.05) is 13.0 Å². The number of hydrogen-bond acceptors (Lipinski definition) is 3. The van der Waals surface area contributed by atoms with Crippen LogP contribution in [0.15, 0.2) is 42.5 Å². The zero-order valence-electron chi connectivity index (χ0n) is 14.3. The number of aryl methyl sites for hydroxylation is 2. The van der Waals surface area contributed by atoms with Gasteiger partial charge in [-0.25, -0.2) is 0 Å². The Hall–Kier alpha value is -2.82. The molecule has 3 rings (SSSR count). The van der Waals surface area contributed by atoms with E-state index in [1.54, 1.807) is 0 Å². The lowest BCUT2D eigenvalue weighted by Gasteiger charge is -2.10. The van der Waals surface area contributed by atoms with E-state index >= 15 is 0 Å². The molecule has 2 amide bonds. The van der Waals surface area contributed by atoms with Crippen molar-refractivity contribution in [1.29, 1.82) is 0 Å². The molecule has 0 unspecified atom stereocenters. The van der Waals surface area contributed by atoms with Crippen LogP contribution in [0.1, 0.15) is 29.5 Å². The molecule has 2 N–H and O–H groups in total. The van der Waals surface area contributed by atoms with Crippen molar-refractivity contribution in [1.82, 2.24) is 5.32 Å². The molecule has 5 nitrogen and oxygen atoms in total. The Balaban J connectivity index is 1.52. The zero-order chi connectivity index (χ0) is 17.6. The Bertz CT molecular complexity index is 769. The maximum absolute atomic E-state index is 12.0. The highest BCUT2D eigenvalue weighted by molar-refractivity contribution is 5.93. The maximum Gasteiger partial charge on any atom is 0.227 e. The maximum atomic E-state index is 12.0. The van der Waals surface area contributed by atoms with Gasteiger partial charge in [-0.2, -0.15) is 0 Å². The standard InChI is InChI=1S/C20H22N2O3/c1-14-2-4-15(5-3-14)7-9-19(23)21-13-16-6-8-18-17(12-16)22-20(24)10-11-25-18/h2-6,8,12H,7,9-11,13H2,1H3,(H,21,23)(H,22,24). The third-order valence-corrected chi connectivity index (χ3v) is 4.16. The Morgan fingerprint density at radius 3 is 2.72 bits per heavy atom. The number of hydrogen-bond donors (Lipinski definition) is 2. The first kappa shape index (κ1) is 17.0. The molecular formula is C20H22N2O3. The average molecular weight is 338 g/mol. The van der Waals surface area contributed by atoms with E-state index in [2.05, 4.69) is 34.9 Å². The summed E-state index contributed by atoms with van der Waals surface area (Å²) >= 11 is 0. The third-order valence-electron chi connectivity index (χ3n) is 4.16. The molecule has 1 aliphatic heterocycles. The van der Waals surface area contributed by atoms with Gasteiger partial charge in [0.1, 0.15) is 5.75 Å². The molecule has 130 valence electrons. The van der Waals surface area contributed by atoms with Gasteiger partial charge in [-0.05, 0) is 36.6 Å². The van der Waals surface area contributed by atoms with Crippen LogP contribution < -0.4 is 15.4 Å². The molecule has 0 bridgehead atoms. The molecule has 0 atom stereocenters. The van der Waals surface area contributed by atoms with Gasteiger partial charge in [0.2, 0.25) is 11.8 Å². The number of benzene rings is 2. The molecule has 5 heteroatoms. The van der Waals surface area contributed by atoms with E-state index < -0.39 is 0 Å². The minimum Gasteiger partial charge on any atom is -0.491 e. The molecule has 1 heterocycles. The summed E-state index contributed by atoms with van der Waals surface area (Å²) in [5.41, 5.74) is 3.96. The number of ether oxygens (including phenoxy) is 1. The first-order valence-electron chi connectivity index (χ1n) is 8.48. The fourth-order valence-electron chi connectivity index (χ4n) is 2.68. The van der Waals surface area contributed by atoms with Crippen LogP contribution in [0.25, 0.3) is 0 Å².